The second-order valence-electron chi connectivity index (χ2n) is 17.4. The zero-order valence-electron chi connectivity index (χ0n) is 40.5. The molecule has 3 unspecified atom stereocenters. The first kappa shape index (κ1) is 59.0. The van der Waals surface area contributed by atoms with Gasteiger partial charge in [-0.15, -0.1) is 0 Å². The number of ether oxygens (including phenoxy) is 1. The molecule has 3 atom stereocenters. The molecule has 0 bridgehead atoms. The SMILES string of the molecule is CCCCC/C=C/C=C/C=C/C=C/CCCCCCCC(=O)OC(CCCCC/C=C/C=C/C=C/CCCCCCC)CC(=O)NC(CO)C(O)CCCCCCCCCCC. The van der Waals surface area contributed by atoms with Gasteiger partial charge in [0.05, 0.1) is 25.2 Å². The predicted octanol–water partition coefficient (Wildman–Crippen LogP) is 15.6. The van der Waals surface area contributed by atoms with Gasteiger partial charge in [0.25, 0.3) is 0 Å². The Hall–Kier alpha value is -2.96. The molecule has 6 heteroatoms. The average Bonchev–Trinajstić information content (AvgIpc) is 3.26. The third kappa shape index (κ3) is 43.7. The Kier molecular flexibility index (Phi) is 46.7. The second-order valence-corrected chi connectivity index (χ2v) is 17.4. The van der Waals surface area contributed by atoms with Gasteiger partial charge in [0.2, 0.25) is 5.91 Å². The number of esters is 1. The number of aliphatic hydroxyl groups excluding tert-OH is 2. The van der Waals surface area contributed by atoms with Crippen molar-refractivity contribution in [2.45, 2.75) is 251 Å². The highest BCUT2D eigenvalue weighted by atomic mass is 16.5. The lowest BCUT2D eigenvalue weighted by molar-refractivity contribution is -0.151. The average molecular weight is 864 g/mol. The molecule has 0 rings (SSSR count). The summed E-state index contributed by atoms with van der Waals surface area (Å²) in [4.78, 5) is 26.1. The van der Waals surface area contributed by atoms with Crippen LogP contribution in [0.4, 0.5) is 0 Å². The van der Waals surface area contributed by atoms with Crippen LogP contribution in [-0.2, 0) is 14.3 Å². The number of hydrogen-bond acceptors (Lipinski definition) is 5. The maximum atomic E-state index is 13.2. The summed E-state index contributed by atoms with van der Waals surface area (Å²) < 4.78 is 5.91. The summed E-state index contributed by atoms with van der Waals surface area (Å²) >= 11 is 0. The number of amides is 1. The molecule has 0 aromatic heterocycles. The second kappa shape index (κ2) is 49.1. The molecule has 0 saturated heterocycles. The fourth-order valence-corrected chi connectivity index (χ4v) is 7.38. The van der Waals surface area contributed by atoms with Crippen molar-refractivity contribution in [3.05, 3.63) is 85.1 Å². The number of aliphatic hydroxyl groups is 2. The first-order valence-corrected chi connectivity index (χ1v) is 25.9. The topological polar surface area (TPSA) is 95.9 Å². The summed E-state index contributed by atoms with van der Waals surface area (Å²) in [6.07, 6.45) is 63.5. The Bertz CT molecular complexity index is 1200. The van der Waals surface area contributed by atoms with Gasteiger partial charge in [-0.05, 0) is 77.0 Å². The Morgan fingerprint density at radius 3 is 1.29 bits per heavy atom. The van der Waals surface area contributed by atoms with E-state index in [1.807, 2.05) is 0 Å². The fraction of sp³-hybridized carbons (Fsp3) is 0.714. The van der Waals surface area contributed by atoms with E-state index in [-0.39, 0.29) is 24.9 Å². The van der Waals surface area contributed by atoms with Crippen molar-refractivity contribution in [1.82, 2.24) is 5.32 Å². The number of carbonyl (C=O) groups is 2. The monoisotopic (exact) mass is 864 g/mol. The maximum Gasteiger partial charge on any atom is 0.306 e. The van der Waals surface area contributed by atoms with E-state index in [1.54, 1.807) is 0 Å². The highest BCUT2D eigenvalue weighted by Crippen LogP contribution is 2.17. The first-order chi connectivity index (χ1) is 30.5. The predicted molar refractivity (Wildman–Crippen MR) is 268 cm³/mol. The molecule has 0 aliphatic heterocycles. The molecule has 1 amide bonds. The van der Waals surface area contributed by atoms with E-state index in [9.17, 15) is 19.8 Å². The third-order valence-electron chi connectivity index (χ3n) is 11.4. The van der Waals surface area contributed by atoms with Crippen LogP contribution in [0.3, 0.4) is 0 Å². The molecule has 0 aromatic carbocycles. The summed E-state index contributed by atoms with van der Waals surface area (Å²) in [6, 6.07) is -0.721. The Morgan fingerprint density at radius 2 is 0.823 bits per heavy atom. The van der Waals surface area contributed by atoms with Crippen LogP contribution in [0.15, 0.2) is 85.1 Å². The number of unbranched alkanes of at least 4 members (excludes halogenated alkanes) is 24. The lowest BCUT2D eigenvalue weighted by Gasteiger charge is -2.24. The molecule has 3 N–H and O–H groups in total. The minimum Gasteiger partial charge on any atom is -0.462 e. The molecule has 0 aliphatic carbocycles. The van der Waals surface area contributed by atoms with Gasteiger partial charge >= 0.3 is 5.97 Å². The zero-order chi connectivity index (χ0) is 45.2. The zero-order valence-corrected chi connectivity index (χ0v) is 40.5. The van der Waals surface area contributed by atoms with Crippen LogP contribution in [0.25, 0.3) is 0 Å². The van der Waals surface area contributed by atoms with Crippen molar-refractivity contribution >= 4 is 11.9 Å². The van der Waals surface area contributed by atoms with E-state index in [2.05, 4.69) is 111 Å². The van der Waals surface area contributed by atoms with Crippen molar-refractivity contribution in [3.8, 4) is 0 Å². The van der Waals surface area contributed by atoms with E-state index in [0.29, 0.717) is 19.3 Å². The molecule has 0 fully saturated rings. The minimum absolute atomic E-state index is 0.0408. The van der Waals surface area contributed by atoms with Crippen LogP contribution in [0.2, 0.25) is 0 Å². The molecule has 356 valence electrons. The molecule has 6 nitrogen and oxygen atoms in total. The number of rotatable bonds is 45. The van der Waals surface area contributed by atoms with Crippen molar-refractivity contribution in [1.29, 1.82) is 0 Å². The summed E-state index contributed by atoms with van der Waals surface area (Å²) in [7, 11) is 0. The molecular formula is C56H97NO5. The van der Waals surface area contributed by atoms with Crippen LogP contribution in [0.5, 0.6) is 0 Å². The van der Waals surface area contributed by atoms with Gasteiger partial charge in [0.1, 0.15) is 6.10 Å². The number of carbonyl (C=O) groups excluding carboxylic acids is 2. The van der Waals surface area contributed by atoms with Gasteiger partial charge < -0.3 is 20.3 Å². The number of hydrogen-bond donors (Lipinski definition) is 3. The standard InChI is InChI=1S/C56H97NO5/c1-4-7-10-13-16-19-21-23-25-27-28-30-32-34-37-40-43-46-49-56(61)62-52(47-44-41-38-36-33-31-29-26-24-22-20-17-14-11-8-5-2)50-55(60)57-53(51-58)54(59)48-45-42-39-35-18-15-12-9-6-3/h16,19,21-31,33,52-54,58-59H,4-15,17-18,20,32,34-51H2,1-3H3,(H,57,60)/b19-16+,23-21+,24-22+,27-25+,29-26+,30-28+,33-31+. The molecule has 0 saturated carbocycles. The highest BCUT2D eigenvalue weighted by Gasteiger charge is 2.24. The smallest absolute Gasteiger partial charge is 0.306 e. The normalized spacial score (nSPS) is 14.0. The summed E-state index contributed by atoms with van der Waals surface area (Å²) in [6.45, 7) is 6.39. The Morgan fingerprint density at radius 1 is 0.468 bits per heavy atom. The third-order valence-corrected chi connectivity index (χ3v) is 11.4. The quantitative estimate of drug-likeness (QED) is 0.0322. The van der Waals surface area contributed by atoms with Gasteiger partial charge in [-0.1, -0.05) is 228 Å². The van der Waals surface area contributed by atoms with E-state index in [1.165, 1.54) is 89.9 Å². The number of allylic oxidation sites excluding steroid dienone is 14. The Labute approximate surface area is 383 Å². The van der Waals surface area contributed by atoms with Crippen molar-refractivity contribution in [2.24, 2.45) is 0 Å². The molecule has 0 spiro atoms. The van der Waals surface area contributed by atoms with Gasteiger partial charge in [0.15, 0.2) is 0 Å². The minimum atomic E-state index is -0.804. The van der Waals surface area contributed by atoms with Crippen LogP contribution in [0, 0.1) is 0 Å². The van der Waals surface area contributed by atoms with Crippen molar-refractivity contribution in [3.63, 3.8) is 0 Å². The van der Waals surface area contributed by atoms with Gasteiger partial charge in [-0.2, -0.15) is 0 Å². The van der Waals surface area contributed by atoms with Crippen molar-refractivity contribution in [2.75, 3.05) is 6.61 Å². The molecule has 62 heavy (non-hydrogen) atoms. The van der Waals surface area contributed by atoms with Gasteiger partial charge in [-0.25, -0.2) is 0 Å². The van der Waals surface area contributed by atoms with E-state index in [4.69, 9.17) is 4.74 Å². The molecular weight excluding hydrogens is 767 g/mol. The Balaban J connectivity index is 4.72. The van der Waals surface area contributed by atoms with Gasteiger partial charge in [0, 0.05) is 6.42 Å². The van der Waals surface area contributed by atoms with Crippen LogP contribution < -0.4 is 5.32 Å². The van der Waals surface area contributed by atoms with E-state index in [0.717, 1.165) is 96.3 Å². The van der Waals surface area contributed by atoms with E-state index < -0.39 is 18.2 Å². The van der Waals surface area contributed by atoms with E-state index >= 15 is 0 Å². The maximum absolute atomic E-state index is 13.2. The molecule has 0 radical (unpaired) electrons. The highest BCUT2D eigenvalue weighted by molar-refractivity contribution is 5.77. The van der Waals surface area contributed by atoms with Gasteiger partial charge in [-0.3, -0.25) is 9.59 Å². The lowest BCUT2D eigenvalue weighted by atomic mass is 10.0. The largest absolute Gasteiger partial charge is 0.462 e. The fourth-order valence-electron chi connectivity index (χ4n) is 7.38. The van der Waals surface area contributed by atoms with Crippen molar-refractivity contribution < 1.29 is 24.5 Å². The first-order valence-electron chi connectivity index (χ1n) is 25.9. The lowest BCUT2D eigenvalue weighted by Crippen LogP contribution is -2.46. The summed E-state index contributed by atoms with van der Waals surface area (Å²) in [5.74, 6) is -0.539. The molecule has 0 aliphatic rings. The number of nitrogens with one attached hydrogen (secondary N) is 1. The van der Waals surface area contributed by atoms with Crippen LogP contribution in [0.1, 0.15) is 233 Å². The summed E-state index contributed by atoms with van der Waals surface area (Å²) in [5, 5.41) is 23.7. The molecule has 0 heterocycles. The van der Waals surface area contributed by atoms with Crippen LogP contribution >= 0.6 is 0 Å². The van der Waals surface area contributed by atoms with Crippen LogP contribution in [-0.4, -0.2) is 46.9 Å². The molecule has 0 aromatic rings. The summed E-state index contributed by atoms with van der Waals surface area (Å²) in [5.41, 5.74) is 0.